The number of esters is 1. The Hall–Kier alpha value is -4.14. The fraction of sp³-hybridized carbons (Fsp3) is 0.217. The van der Waals surface area contributed by atoms with Gasteiger partial charge >= 0.3 is 5.97 Å². The normalized spacial score (nSPS) is 14.1. The van der Waals surface area contributed by atoms with E-state index in [1.165, 1.54) is 6.33 Å². The first-order valence-corrected chi connectivity index (χ1v) is 10.2. The Labute approximate surface area is 183 Å². The molecule has 2 aliphatic rings. The SMILES string of the molecule is CCOC(=O)/C=C/C(=O)Nc1ccc2ncnc(N3CCc4cc5c(cc43)OCO5)c2c1. The van der Waals surface area contributed by atoms with Crippen LogP contribution in [0.15, 0.2) is 48.8 Å². The number of anilines is 3. The van der Waals surface area contributed by atoms with Crippen LogP contribution in [0.4, 0.5) is 17.2 Å². The third-order valence-electron chi connectivity index (χ3n) is 5.26. The summed E-state index contributed by atoms with van der Waals surface area (Å²) in [6, 6.07) is 9.39. The number of aromatic nitrogens is 2. The van der Waals surface area contributed by atoms with Gasteiger partial charge in [0, 0.05) is 41.5 Å². The average molecular weight is 432 g/mol. The number of carbonyl (C=O) groups is 2. The predicted molar refractivity (Wildman–Crippen MR) is 117 cm³/mol. The molecule has 0 bridgehead atoms. The summed E-state index contributed by atoms with van der Waals surface area (Å²) in [6.45, 7) is 2.93. The van der Waals surface area contributed by atoms with Crippen molar-refractivity contribution in [3.63, 3.8) is 0 Å². The van der Waals surface area contributed by atoms with Gasteiger partial charge in [0.1, 0.15) is 12.1 Å². The highest BCUT2D eigenvalue weighted by Crippen LogP contribution is 2.44. The molecule has 32 heavy (non-hydrogen) atoms. The summed E-state index contributed by atoms with van der Waals surface area (Å²) in [5.74, 6) is 1.22. The molecule has 1 amide bonds. The molecule has 0 spiro atoms. The minimum atomic E-state index is -0.564. The second-order valence-electron chi connectivity index (χ2n) is 7.24. The lowest BCUT2D eigenvalue weighted by Crippen LogP contribution is -2.15. The van der Waals surface area contributed by atoms with Gasteiger partial charge in [0.25, 0.3) is 0 Å². The Bertz CT molecular complexity index is 1260. The fourth-order valence-corrected chi connectivity index (χ4v) is 3.85. The largest absolute Gasteiger partial charge is 0.463 e. The van der Waals surface area contributed by atoms with Gasteiger partial charge in [-0.2, -0.15) is 0 Å². The Kier molecular flexibility index (Phi) is 5.06. The molecule has 0 atom stereocenters. The molecular formula is C23H20N4O5. The van der Waals surface area contributed by atoms with Crippen LogP contribution in [0, 0.1) is 0 Å². The second-order valence-corrected chi connectivity index (χ2v) is 7.24. The summed E-state index contributed by atoms with van der Waals surface area (Å²) in [5.41, 5.74) is 3.50. The molecule has 9 heteroatoms. The molecule has 0 saturated heterocycles. The first-order valence-electron chi connectivity index (χ1n) is 10.2. The zero-order valence-corrected chi connectivity index (χ0v) is 17.3. The number of carbonyl (C=O) groups excluding carboxylic acids is 2. The number of ether oxygens (including phenoxy) is 3. The van der Waals surface area contributed by atoms with Gasteiger partial charge in [0.05, 0.1) is 12.1 Å². The van der Waals surface area contributed by atoms with Crippen molar-refractivity contribution >= 4 is 40.0 Å². The third-order valence-corrected chi connectivity index (χ3v) is 5.26. The van der Waals surface area contributed by atoms with E-state index in [9.17, 15) is 9.59 Å². The van der Waals surface area contributed by atoms with Crippen LogP contribution in [0.5, 0.6) is 11.5 Å². The summed E-state index contributed by atoms with van der Waals surface area (Å²) >= 11 is 0. The van der Waals surface area contributed by atoms with Gasteiger partial charge in [-0.3, -0.25) is 4.79 Å². The lowest BCUT2D eigenvalue weighted by molar-refractivity contribution is -0.137. The molecule has 3 aromatic rings. The molecule has 1 N–H and O–H groups in total. The molecule has 0 radical (unpaired) electrons. The lowest BCUT2D eigenvalue weighted by Gasteiger charge is -2.20. The number of nitrogens with zero attached hydrogens (tertiary/aromatic N) is 3. The van der Waals surface area contributed by atoms with Crippen LogP contribution >= 0.6 is 0 Å². The molecule has 162 valence electrons. The van der Waals surface area contributed by atoms with Crippen LogP contribution in [0.1, 0.15) is 12.5 Å². The van der Waals surface area contributed by atoms with Gasteiger partial charge in [-0.1, -0.05) is 0 Å². The molecule has 5 rings (SSSR count). The van der Waals surface area contributed by atoms with E-state index in [1.54, 1.807) is 13.0 Å². The van der Waals surface area contributed by atoms with Crippen LogP contribution in [0.3, 0.4) is 0 Å². The molecule has 1 aromatic heterocycles. The Morgan fingerprint density at radius 1 is 1.16 bits per heavy atom. The maximum atomic E-state index is 12.2. The third kappa shape index (κ3) is 3.68. The molecule has 0 fully saturated rings. The molecule has 2 aliphatic heterocycles. The average Bonchev–Trinajstić information content (AvgIpc) is 3.42. The van der Waals surface area contributed by atoms with Crippen LogP contribution in [-0.4, -0.2) is 41.8 Å². The van der Waals surface area contributed by atoms with E-state index < -0.39 is 11.9 Å². The van der Waals surface area contributed by atoms with Gasteiger partial charge < -0.3 is 24.4 Å². The standard InChI is InChI=1S/C23H20N4O5/c1-2-30-22(29)6-5-21(28)26-15-3-4-17-16(10-15)23(25-12-24-17)27-8-7-14-9-19-20(11-18(14)27)32-13-31-19/h3-6,9-12H,2,7-8,13H2,1H3,(H,26,28)/b6-5+. The van der Waals surface area contributed by atoms with Crippen LogP contribution in [-0.2, 0) is 20.7 Å². The van der Waals surface area contributed by atoms with Crippen molar-refractivity contribution in [2.45, 2.75) is 13.3 Å². The van der Waals surface area contributed by atoms with Crippen molar-refractivity contribution in [1.29, 1.82) is 0 Å². The number of amides is 1. The van der Waals surface area contributed by atoms with Crippen molar-refractivity contribution in [3.05, 3.63) is 54.4 Å². The van der Waals surface area contributed by atoms with E-state index in [-0.39, 0.29) is 13.4 Å². The van der Waals surface area contributed by atoms with Crippen molar-refractivity contribution in [2.24, 2.45) is 0 Å². The molecule has 0 unspecified atom stereocenters. The second kappa shape index (κ2) is 8.18. The first kappa shape index (κ1) is 19.8. The van der Waals surface area contributed by atoms with Gasteiger partial charge in [-0.25, -0.2) is 14.8 Å². The lowest BCUT2D eigenvalue weighted by atomic mass is 10.1. The number of rotatable bonds is 5. The Morgan fingerprint density at radius 2 is 2.00 bits per heavy atom. The van der Waals surface area contributed by atoms with Gasteiger partial charge in [0.15, 0.2) is 11.5 Å². The van der Waals surface area contributed by atoms with E-state index in [2.05, 4.69) is 20.2 Å². The maximum absolute atomic E-state index is 12.2. The van der Waals surface area contributed by atoms with Crippen LogP contribution < -0.4 is 19.7 Å². The number of hydrogen-bond donors (Lipinski definition) is 1. The van der Waals surface area contributed by atoms with Crippen LogP contribution in [0.2, 0.25) is 0 Å². The Balaban J connectivity index is 1.45. The van der Waals surface area contributed by atoms with Crippen molar-refractivity contribution < 1.29 is 23.8 Å². The van der Waals surface area contributed by atoms with Gasteiger partial charge in [-0.15, -0.1) is 0 Å². The highest BCUT2D eigenvalue weighted by molar-refractivity contribution is 6.04. The summed E-state index contributed by atoms with van der Waals surface area (Å²) in [7, 11) is 0. The van der Waals surface area contributed by atoms with Crippen molar-refractivity contribution in [2.75, 3.05) is 30.2 Å². The monoisotopic (exact) mass is 432 g/mol. The number of benzene rings is 2. The number of hydrogen-bond acceptors (Lipinski definition) is 8. The van der Waals surface area contributed by atoms with Crippen LogP contribution in [0.25, 0.3) is 10.9 Å². The molecule has 0 saturated carbocycles. The first-order chi connectivity index (χ1) is 15.6. The molecular weight excluding hydrogens is 412 g/mol. The molecule has 9 nitrogen and oxygen atoms in total. The summed E-state index contributed by atoms with van der Waals surface area (Å²) in [6.07, 6.45) is 4.62. The van der Waals surface area contributed by atoms with E-state index >= 15 is 0 Å². The van der Waals surface area contributed by atoms with E-state index in [0.717, 1.165) is 64.6 Å². The minimum Gasteiger partial charge on any atom is -0.463 e. The number of nitrogens with one attached hydrogen (secondary N) is 1. The van der Waals surface area contributed by atoms with E-state index in [1.807, 2.05) is 24.3 Å². The van der Waals surface area contributed by atoms with E-state index in [4.69, 9.17) is 14.2 Å². The fourth-order valence-electron chi connectivity index (χ4n) is 3.85. The molecule has 2 aromatic carbocycles. The smallest absolute Gasteiger partial charge is 0.330 e. The molecule has 0 aliphatic carbocycles. The van der Waals surface area contributed by atoms with Gasteiger partial charge in [-0.05, 0) is 43.2 Å². The predicted octanol–water partition coefficient (Wildman–Crippen LogP) is 3.11. The minimum absolute atomic E-state index is 0.225. The summed E-state index contributed by atoms with van der Waals surface area (Å²) in [4.78, 5) is 34.6. The van der Waals surface area contributed by atoms with Gasteiger partial charge in [0.2, 0.25) is 12.7 Å². The quantitative estimate of drug-likeness (QED) is 0.485. The topological polar surface area (TPSA) is 103 Å². The Morgan fingerprint density at radius 3 is 2.84 bits per heavy atom. The highest BCUT2D eigenvalue weighted by atomic mass is 16.7. The maximum Gasteiger partial charge on any atom is 0.330 e. The summed E-state index contributed by atoms with van der Waals surface area (Å²) in [5, 5.41) is 3.55. The van der Waals surface area contributed by atoms with Crippen molar-refractivity contribution in [3.8, 4) is 11.5 Å². The summed E-state index contributed by atoms with van der Waals surface area (Å²) < 4.78 is 15.8. The molecule has 3 heterocycles. The van der Waals surface area contributed by atoms with E-state index in [0.29, 0.717) is 5.69 Å². The zero-order valence-electron chi connectivity index (χ0n) is 17.3. The zero-order chi connectivity index (χ0) is 22.1. The van der Waals surface area contributed by atoms with Crippen molar-refractivity contribution in [1.82, 2.24) is 9.97 Å². The number of fused-ring (bicyclic) bond motifs is 3. The highest BCUT2D eigenvalue weighted by Gasteiger charge is 2.27.